The first kappa shape index (κ1) is 21.4. The summed E-state index contributed by atoms with van der Waals surface area (Å²) < 4.78 is 56.2. The summed E-state index contributed by atoms with van der Waals surface area (Å²) in [5.41, 5.74) is -3.29. The number of ether oxygens (including phenoxy) is 3. The van der Waals surface area contributed by atoms with Crippen molar-refractivity contribution in [2.45, 2.75) is 18.3 Å². The molecule has 3 rings (SSSR count). The van der Waals surface area contributed by atoms with Gasteiger partial charge in [0.25, 0.3) is 11.6 Å². The molecule has 2 aromatic rings. The number of nitrogens with zero attached hydrogens (tertiary/aromatic N) is 2. The Kier molecular flexibility index (Phi) is 5.88. The number of aliphatic hydroxyl groups is 1. The maximum Gasteiger partial charge on any atom is 0.438 e. The van der Waals surface area contributed by atoms with Crippen molar-refractivity contribution in [3.63, 3.8) is 0 Å². The van der Waals surface area contributed by atoms with Crippen molar-refractivity contribution >= 4 is 11.6 Å². The lowest BCUT2D eigenvalue weighted by molar-refractivity contribution is -0.302. The minimum atomic E-state index is -5.13. The predicted octanol–water partition coefficient (Wildman–Crippen LogP) is 2.97. The van der Waals surface area contributed by atoms with Crippen LogP contribution in [0, 0.1) is 0 Å². The zero-order valence-corrected chi connectivity index (χ0v) is 16.1. The van der Waals surface area contributed by atoms with Gasteiger partial charge in [0.2, 0.25) is 0 Å². The Morgan fingerprint density at radius 1 is 1.10 bits per heavy atom. The van der Waals surface area contributed by atoms with Gasteiger partial charge in [-0.2, -0.15) is 23.3 Å². The molecule has 0 saturated carbocycles. The van der Waals surface area contributed by atoms with Gasteiger partial charge < -0.3 is 19.3 Å². The summed E-state index contributed by atoms with van der Waals surface area (Å²) >= 11 is 0. The van der Waals surface area contributed by atoms with Crippen LogP contribution in [0.2, 0.25) is 0 Å². The lowest BCUT2D eigenvalue weighted by Gasteiger charge is -2.32. The number of carbonyl (C=O) groups is 1. The highest BCUT2D eigenvalue weighted by Crippen LogP contribution is 2.41. The van der Waals surface area contributed by atoms with Crippen LogP contribution in [0.15, 0.2) is 53.6 Å². The largest absolute Gasteiger partial charge is 0.497 e. The molecular weight excluding hydrogens is 405 g/mol. The number of hydrogen-bond donors (Lipinski definition) is 1. The first-order valence-electron chi connectivity index (χ1n) is 8.79. The number of hydrogen-bond acceptors (Lipinski definition) is 6. The summed E-state index contributed by atoms with van der Waals surface area (Å²) in [6.45, 7) is -0.750. The monoisotopic (exact) mass is 424 g/mol. The number of methoxy groups -OCH3 is 2. The molecule has 1 aliphatic heterocycles. The molecule has 0 saturated heterocycles. The van der Waals surface area contributed by atoms with E-state index in [4.69, 9.17) is 14.2 Å². The molecule has 1 amide bonds. The van der Waals surface area contributed by atoms with Gasteiger partial charge in [0.05, 0.1) is 26.4 Å². The molecule has 0 unspecified atom stereocenters. The minimum absolute atomic E-state index is 0.0331. The van der Waals surface area contributed by atoms with E-state index in [2.05, 4.69) is 5.10 Å². The number of halogens is 3. The van der Waals surface area contributed by atoms with Crippen LogP contribution < -0.4 is 14.2 Å². The van der Waals surface area contributed by atoms with Gasteiger partial charge in [-0.1, -0.05) is 12.1 Å². The topological polar surface area (TPSA) is 80.6 Å². The molecule has 0 fully saturated rings. The lowest BCUT2D eigenvalue weighted by Crippen LogP contribution is -2.57. The summed E-state index contributed by atoms with van der Waals surface area (Å²) in [5, 5.41) is 14.1. The van der Waals surface area contributed by atoms with Gasteiger partial charge in [0.15, 0.2) is 6.61 Å². The fourth-order valence-corrected chi connectivity index (χ4v) is 2.87. The summed E-state index contributed by atoms with van der Waals surface area (Å²) in [5.74, 6) is 0.0463. The van der Waals surface area contributed by atoms with Crippen molar-refractivity contribution in [3.8, 4) is 17.2 Å². The molecule has 0 spiro atoms. The molecule has 1 heterocycles. The van der Waals surface area contributed by atoms with Gasteiger partial charge in [-0.05, 0) is 36.4 Å². The first-order valence-corrected chi connectivity index (χ1v) is 8.79. The average molecular weight is 424 g/mol. The molecule has 1 atom stereocenters. The van der Waals surface area contributed by atoms with Gasteiger partial charge in [0, 0.05) is 5.56 Å². The molecule has 7 nitrogen and oxygen atoms in total. The van der Waals surface area contributed by atoms with E-state index in [1.54, 1.807) is 24.3 Å². The summed E-state index contributed by atoms with van der Waals surface area (Å²) in [6, 6.07) is 12.3. The van der Waals surface area contributed by atoms with E-state index >= 15 is 0 Å². The molecule has 10 heteroatoms. The SMILES string of the molecule is COc1ccc(OCC(=O)N2N=C(c3cccc(OC)c3)C[C@@]2(O)C(F)(F)F)cc1. The number of alkyl halides is 3. The Morgan fingerprint density at radius 2 is 1.73 bits per heavy atom. The number of hydrazone groups is 1. The van der Waals surface area contributed by atoms with Crippen molar-refractivity contribution in [1.82, 2.24) is 5.01 Å². The molecule has 2 aromatic carbocycles. The summed E-state index contributed by atoms with van der Waals surface area (Å²) in [4.78, 5) is 12.5. The maximum absolute atomic E-state index is 13.6. The van der Waals surface area contributed by atoms with Crippen molar-refractivity contribution in [2.24, 2.45) is 5.10 Å². The van der Waals surface area contributed by atoms with Crippen molar-refractivity contribution in [1.29, 1.82) is 0 Å². The zero-order chi connectivity index (χ0) is 21.9. The predicted molar refractivity (Wildman–Crippen MR) is 100 cm³/mol. The Balaban J connectivity index is 1.83. The van der Waals surface area contributed by atoms with E-state index in [1.165, 1.54) is 38.5 Å². The molecule has 0 bridgehead atoms. The molecule has 1 aliphatic rings. The highest BCUT2D eigenvalue weighted by molar-refractivity contribution is 6.03. The second kappa shape index (κ2) is 8.23. The number of rotatable bonds is 6. The van der Waals surface area contributed by atoms with Crippen LogP contribution in [0.25, 0.3) is 0 Å². The third-order valence-corrected chi connectivity index (χ3v) is 4.50. The Labute approximate surface area is 170 Å². The lowest BCUT2D eigenvalue weighted by atomic mass is 10.0. The van der Waals surface area contributed by atoms with Gasteiger partial charge in [-0.15, -0.1) is 0 Å². The van der Waals surface area contributed by atoms with Gasteiger partial charge in [0.1, 0.15) is 17.2 Å². The van der Waals surface area contributed by atoms with Crippen LogP contribution >= 0.6 is 0 Å². The number of benzene rings is 2. The highest BCUT2D eigenvalue weighted by atomic mass is 19.4. The van der Waals surface area contributed by atoms with E-state index in [9.17, 15) is 23.1 Å². The van der Waals surface area contributed by atoms with Crippen LogP contribution in [0.4, 0.5) is 13.2 Å². The van der Waals surface area contributed by atoms with E-state index in [0.717, 1.165) is 0 Å². The Hall–Kier alpha value is -3.27. The Bertz CT molecular complexity index is 946. The van der Waals surface area contributed by atoms with Crippen LogP contribution in [-0.2, 0) is 4.79 Å². The molecule has 30 heavy (non-hydrogen) atoms. The van der Waals surface area contributed by atoms with E-state index < -0.39 is 30.8 Å². The standard InChI is InChI=1S/C20H19F3N2O5/c1-28-14-6-8-15(9-7-14)30-12-18(26)25-19(27,20(21,22)23)11-17(24-25)13-4-3-5-16(10-13)29-2/h3-10,27H,11-12H2,1-2H3/t19-/m1/s1. The van der Waals surface area contributed by atoms with Gasteiger partial charge >= 0.3 is 6.18 Å². The van der Waals surface area contributed by atoms with Crippen LogP contribution in [-0.4, -0.2) is 54.5 Å². The van der Waals surface area contributed by atoms with Crippen molar-refractivity contribution in [3.05, 3.63) is 54.1 Å². The van der Waals surface area contributed by atoms with Crippen molar-refractivity contribution < 1.29 is 37.3 Å². The van der Waals surface area contributed by atoms with Crippen LogP contribution in [0.1, 0.15) is 12.0 Å². The quantitative estimate of drug-likeness (QED) is 0.771. The second-order valence-electron chi connectivity index (χ2n) is 6.44. The number of carbonyl (C=O) groups excluding carboxylic acids is 1. The first-order chi connectivity index (χ1) is 14.2. The van der Waals surface area contributed by atoms with Gasteiger partial charge in [-0.3, -0.25) is 4.79 Å². The fourth-order valence-electron chi connectivity index (χ4n) is 2.87. The van der Waals surface area contributed by atoms with E-state index in [-0.39, 0.29) is 16.5 Å². The highest BCUT2D eigenvalue weighted by Gasteiger charge is 2.63. The molecular formula is C20H19F3N2O5. The van der Waals surface area contributed by atoms with E-state index in [0.29, 0.717) is 17.1 Å². The minimum Gasteiger partial charge on any atom is -0.497 e. The van der Waals surface area contributed by atoms with Crippen molar-refractivity contribution in [2.75, 3.05) is 20.8 Å². The van der Waals surface area contributed by atoms with Crippen LogP contribution in [0.3, 0.4) is 0 Å². The maximum atomic E-state index is 13.6. The molecule has 160 valence electrons. The zero-order valence-electron chi connectivity index (χ0n) is 16.1. The normalized spacial score (nSPS) is 18.7. The summed E-state index contributed by atoms with van der Waals surface area (Å²) in [7, 11) is 2.89. The molecule has 0 radical (unpaired) electrons. The van der Waals surface area contributed by atoms with Crippen LogP contribution in [0.5, 0.6) is 17.2 Å². The average Bonchev–Trinajstić information content (AvgIpc) is 3.11. The molecule has 0 aliphatic carbocycles. The molecule has 1 N–H and O–H groups in total. The second-order valence-corrected chi connectivity index (χ2v) is 6.44. The molecule has 0 aromatic heterocycles. The summed E-state index contributed by atoms with van der Waals surface area (Å²) in [6.07, 6.45) is -6.05. The van der Waals surface area contributed by atoms with Gasteiger partial charge in [-0.25, -0.2) is 0 Å². The Morgan fingerprint density at radius 3 is 2.33 bits per heavy atom. The third kappa shape index (κ3) is 4.18. The smallest absolute Gasteiger partial charge is 0.438 e. The third-order valence-electron chi connectivity index (χ3n) is 4.50. The number of amides is 1. The van der Waals surface area contributed by atoms with E-state index in [1.807, 2.05) is 0 Å². The fraction of sp³-hybridized carbons (Fsp3) is 0.300.